The smallest absolute Gasteiger partial charge is 0.225 e. The Hall–Kier alpha value is -3.50. The van der Waals surface area contributed by atoms with E-state index in [1.807, 2.05) is 31.2 Å². The molecule has 3 rings (SSSR count). The fourth-order valence-corrected chi connectivity index (χ4v) is 2.30. The van der Waals surface area contributed by atoms with Crippen molar-refractivity contribution in [1.82, 2.24) is 15.0 Å². The highest BCUT2D eigenvalue weighted by Gasteiger charge is 2.10. The molecule has 26 heavy (non-hydrogen) atoms. The molecule has 0 aliphatic rings. The molecule has 0 bridgehead atoms. The maximum atomic E-state index is 9.27. The minimum absolute atomic E-state index is 0.0375. The summed E-state index contributed by atoms with van der Waals surface area (Å²) in [5, 5.41) is 24.6. The van der Waals surface area contributed by atoms with Crippen LogP contribution in [0.5, 0.6) is 0 Å². The number of pyridine rings is 1. The first-order valence-corrected chi connectivity index (χ1v) is 8.13. The molecule has 7 heteroatoms. The quantitative estimate of drug-likeness (QED) is 0.630. The Morgan fingerprint density at radius 2 is 2.00 bits per heavy atom. The molecule has 2 aromatic heterocycles. The van der Waals surface area contributed by atoms with Crippen molar-refractivity contribution in [2.45, 2.75) is 13.0 Å². The summed E-state index contributed by atoms with van der Waals surface area (Å²) in [5.74, 6) is 0.942. The SMILES string of the molecule is C[C@@H](CO)Nc1nc(Nc2cccc(C#N)c2)cc(-c2ccccn2)n1. The zero-order valence-corrected chi connectivity index (χ0v) is 14.2. The number of benzene rings is 1. The summed E-state index contributed by atoms with van der Waals surface area (Å²) in [7, 11) is 0. The Morgan fingerprint density at radius 3 is 2.73 bits per heavy atom. The van der Waals surface area contributed by atoms with Crippen LogP contribution < -0.4 is 10.6 Å². The van der Waals surface area contributed by atoms with E-state index in [1.165, 1.54) is 0 Å². The summed E-state index contributed by atoms with van der Waals surface area (Å²) in [6.45, 7) is 1.80. The van der Waals surface area contributed by atoms with Crippen LogP contribution in [-0.2, 0) is 0 Å². The lowest BCUT2D eigenvalue weighted by atomic mass is 10.2. The largest absolute Gasteiger partial charge is 0.394 e. The molecule has 0 saturated heterocycles. The van der Waals surface area contributed by atoms with Crippen molar-refractivity contribution in [1.29, 1.82) is 5.26 Å². The molecule has 0 saturated carbocycles. The van der Waals surface area contributed by atoms with E-state index in [1.54, 1.807) is 30.5 Å². The zero-order valence-electron chi connectivity index (χ0n) is 14.2. The summed E-state index contributed by atoms with van der Waals surface area (Å²) in [6.07, 6.45) is 1.70. The lowest BCUT2D eigenvalue weighted by molar-refractivity contribution is 0.281. The molecule has 130 valence electrons. The molecule has 1 aromatic carbocycles. The molecule has 0 amide bonds. The molecule has 0 aliphatic carbocycles. The van der Waals surface area contributed by atoms with Crippen molar-refractivity contribution in [3.8, 4) is 17.5 Å². The minimum Gasteiger partial charge on any atom is -0.394 e. The Bertz CT molecular complexity index is 923. The second kappa shape index (κ2) is 8.05. The summed E-state index contributed by atoms with van der Waals surface area (Å²) < 4.78 is 0. The van der Waals surface area contributed by atoms with E-state index in [0.717, 1.165) is 5.69 Å². The van der Waals surface area contributed by atoms with Gasteiger partial charge < -0.3 is 15.7 Å². The number of aliphatic hydroxyl groups is 1. The summed E-state index contributed by atoms with van der Waals surface area (Å²) in [4.78, 5) is 13.2. The molecule has 0 aliphatic heterocycles. The predicted octanol–water partition coefficient (Wildman–Crippen LogP) is 2.95. The molecule has 7 nitrogen and oxygen atoms in total. The number of nitrogens with zero attached hydrogens (tertiary/aromatic N) is 4. The number of hydrogen-bond donors (Lipinski definition) is 3. The highest BCUT2D eigenvalue weighted by molar-refractivity contribution is 5.66. The van der Waals surface area contributed by atoms with Gasteiger partial charge in [-0.2, -0.15) is 10.2 Å². The van der Waals surface area contributed by atoms with Gasteiger partial charge in [-0.05, 0) is 37.3 Å². The number of anilines is 3. The van der Waals surface area contributed by atoms with Crippen molar-refractivity contribution in [2.75, 3.05) is 17.2 Å². The third-order valence-corrected chi connectivity index (χ3v) is 3.57. The van der Waals surface area contributed by atoms with E-state index in [4.69, 9.17) is 5.26 Å². The molecular formula is C19H18N6O. The van der Waals surface area contributed by atoms with Gasteiger partial charge in [0.1, 0.15) is 5.82 Å². The van der Waals surface area contributed by atoms with E-state index in [-0.39, 0.29) is 12.6 Å². The van der Waals surface area contributed by atoms with E-state index in [9.17, 15) is 5.11 Å². The van der Waals surface area contributed by atoms with Crippen molar-refractivity contribution < 1.29 is 5.11 Å². The monoisotopic (exact) mass is 346 g/mol. The molecule has 0 fully saturated rings. The maximum Gasteiger partial charge on any atom is 0.225 e. The number of hydrogen-bond acceptors (Lipinski definition) is 7. The Kier molecular flexibility index (Phi) is 5.37. The second-order valence-corrected chi connectivity index (χ2v) is 5.72. The fourth-order valence-electron chi connectivity index (χ4n) is 2.30. The number of aliphatic hydroxyl groups excluding tert-OH is 1. The number of rotatable bonds is 6. The third kappa shape index (κ3) is 4.32. The van der Waals surface area contributed by atoms with Gasteiger partial charge in [-0.25, -0.2) is 4.98 Å². The van der Waals surface area contributed by atoms with Crippen molar-refractivity contribution >= 4 is 17.5 Å². The molecule has 3 N–H and O–H groups in total. The van der Waals surface area contributed by atoms with Gasteiger partial charge in [0.15, 0.2) is 0 Å². The van der Waals surface area contributed by atoms with Crippen LogP contribution in [0.15, 0.2) is 54.7 Å². The molecule has 1 atom stereocenters. The third-order valence-electron chi connectivity index (χ3n) is 3.57. The Labute approximate surface area is 151 Å². The van der Waals surface area contributed by atoms with Gasteiger partial charge in [0, 0.05) is 24.0 Å². The van der Waals surface area contributed by atoms with Crippen molar-refractivity contribution in [3.05, 3.63) is 60.3 Å². The topological polar surface area (TPSA) is 107 Å². The van der Waals surface area contributed by atoms with Gasteiger partial charge in [-0.3, -0.25) is 4.98 Å². The van der Waals surface area contributed by atoms with Gasteiger partial charge >= 0.3 is 0 Å². The zero-order chi connectivity index (χ0) is 18.4. The Morgan fingerprint density at radius 1 is 1.12 bits per heavy atom. The van der Waals surface area contributed by atoms with Gasteiger partial charge in [0.25, 0.3) is 0 Å². The minimum atomic E-state index is -0.191. The van der Waals surface area contributed by atoms with E-state index < -0.39 is 0 Å². The van der Waals surface area contributed by atoms with E-state index in [0.29, 0.717) is 28.7 Å². The fraction of sp³-hybridized carbons (Fsp3) is 0.158. The average Bonchev–Trinajstić information content (AvgIpc) is 2.68. The van der Waals surface area contributed by atoms with Crippen LogP contribution >= 0.6 is 0 Å². The first-order chi connectivity index (χ1) is 12.7. The standard InChI is InChI=1S/C19H18N6O/c1-13(12-26)22-19-24-17(16-7-2-3-8-21-16)10-18(25-19)23-15-6-4-5-14(9-15)11-20/h2-10,13,26H,12H2,1H3,(H2,22,23,24,25)/t13-/m0/s1. The van der Waals surface area contributed by atoms with Crippen LogP contribution in [0.2, 0.25) is 0 Å². The van der Waals surface area contributed by atoms with Crippen LogP contribution in [0, 0.1) is 11.3 Å². The molecule has 3 aromatic rings. The summed E-state index contributed by atoms with van der Waals surface area (Å²) >= 11 is 0. The highest BCUT2D eigenvalue weighted by Crippen LogP contribution is 2.23. The number of nitriles is 1. The molecule has 0 unspecified atom stereocenters. The maximum absolute atomic E-state index is 9.27. The molecule has 0 spiro atoms. The van der Waals surface area contributed by atoms with Crippen LogP contribution in [0.4, 0.5) is 17.5 Å². The normalized spacial score (nSPS) is 11.4. The molecular weight excluding hydrogens is 328 g/mol. The lowest BCUT2D eigenvalue weighted by Crippen LogP contribution is -2.21. The van der Waals surface area contributed by atoms with Crippen LogP contribution in [0.3, 0.4) is 0 Å². The van der Waals surface area contributed by atoms with Gasteiger partial charge in [0.05, 0.1) is 29.6 Å². The predicted molar refractivity (Wildman–Crippen MR) is 99.9 cm³/mol. The lowest BCUT2D eigenvalue weighted by Gasteiger charge is -2.14. The van der Waals surface area contributed by atoms with Gasteiger partial charge in [-0.1, -0.05) is 12.1 Å². The van der Waals surface area contributed by atoms with Crippen molar-refractivity contribution in [2.24, 2.45) is 0 Å². The first-order valence-electron chi connectivity index (χ1n) is 8.13. The Balaban J connectivity index is 1.97. The summed E-state index contributed by atoms with van der Waals surface area (Å²) in [6, 6.07) is 16.4. The number of aromatic nitrogens is 3. The number of nitrogens with one attached hydrogen (secondary N) is 2. The van der Waals surface area contributed by atoms with Crippen molar-refractivity contribution in [3.63, 3.8) is 0 Å². The summed E-state index contributed by atoms with van der Waals surface area (Å²) in [5.41, 5.74) is 2.66. The second-order valence-electron chi connectivity index (χ2n) is 5.72. The molecule has 0 radical (unpaired) electrons. The first kappa shape index (κ1) is 17.3. The van der Waals surface area contributed by atoms with Crippen LogP contribution in [0.25, 0.3) is 11.4 Å². The van der Waals surface area contributed by atoms with E-state index in [2.05, 4.69) is 31.7 Å². The highest BCUT2D eigenvalue weighted by atomic mass is 16.3. The average molecular weight is 346 g/mol. The van der Waals surface area contributed by atoms with E-state index >= 15 is 0 Å². The van der Waals surface area contributed by atoms with Gasteiger partial charge in [0.2, 0.25) is 5.95 Å². The van der Waals surface area contributed by atoms with Crippen LogP contribution in [0.1, 0.15) is 12.5 Å². The van der Waals surface area contributed by atoms with Crippen LogP contribution in [-0.4, -0.2) is 32.7 Å². The van der Waals surface area contributed by atoms with Gasteiger partial charge in [-0.15, -0.1) is 0 Å². The molecule has 2 heterocycles.